The molecule has 0 fully saturated rings. The van der Waals surface area contributed by atoms with E-state index in [-0.39, 0.29) is 24.0 Å². The number of nitrogens with zero attached hydrogens (tertiary/aromatic N) is 5. The van der Waals surface area contributed by atoms with E-state index in [4.69, 9.17) is 4.99 Å². The molecule has 23 heavy (non-hydrogen) atoms. The van der Waals surface area contributed by atoms with Crippen LogP contribution in [0.5, 0.6) is 0 Å². The Morgan fingerprint density at radius 1 is 1.30 bits per heavy atom. The second-order valence-corrected chi connectivity index (χ2v) is 5.47. The molecule has 1 N–H and O–H groups in total. The van der Waals surface area contributed by atoms with E-state index in [9.17, 15) is 0 Å². The van der Waals surface area contributed by atoms with Gasteiger partial charge in [0, 0.05) is 26.7 Å². The zero-order valence-electron chi connectivity index (χ0n) is 13.6. The number of fused-ring (bicyclic) bond motifs is 1. The van der Waals surface area contributed by atoms with Crippen LogP contribution in [-0.4, -0.2) is 38.7 Å². The summed E-state index contributed by atoms with van der Waals surface area (Å²) < 4.78 is 1.90. The smallest absolute Gasteiger partial charge is 0.194 e. The van der Waals surface area contributed by atoms with E-state index in [1.54, 1.807) is 6.33 Å². The van der Waals surface area contributed by atoms with Crippen LogP contribution >= 0.6 is 24.0 Å². The summed E-state index contributed by atoms with van der Waals surface area (Å²) in [6, 6.07) is 8.64. The van der Waals surface area contributed by atoms with E-state index in [2.05, 4.69) is 51.6 Å². The van der Waals surface area contributed by atoms with Gasteiger partial charge in [-0.05, 0) is 24.5 Å². The molecule has 2 heterocycles. The summed E-state index contributed by atoms with van der Waals surface area (Å²) >= 11 is 0. The van der Waals surface area contributed by atoms with Crippen molar-refractivity contribution < 1.29 is 0 Å². The molecular weight excluding hydrogens is 403 g/mol. The molecule has 0 unspecified atom stereocenters. The van der Waals surface area contributed by atoms with E-state index >= 15 is 0 Å². The number of aliphatic imine (C=N–C) groups is 1. The number of rotatable bonds is 3. The highest BCUT2D eigenvalue weighted by atomic mass is 127. The van der Waals surface area contributed by atoms with Crippen molar-refractivity contribution in [3.8, 4) is 0 Å². The Kier molecular flexibility index (Phi) is 6.37. The predicted molar refractivity (Wildman–Crippen MR) is 102 cm³/mol. The van der Waals surface area contributed by atoms with E-state index in [1.165, 1.54) is 11.1 Å². The summed E-state index contributed by atoms with van der Waals surface area (Å²) in [6.07, 6.45) is 2.76. The maximum absolute atomic E-state index is 4.72. The van der Waals surface area contributed by atoms with Crippen molar-refractivity contribution in [2.75, 3.05) is 13.1 Å². The largest absolute Gasteiger partial charge is 0.356 e. The quantitative estimate of drug-likeness (QED) is 0.463. The molecule has 0 spiro atoms. The van der Waals surface area contributed by atoms with Crippen LogP contribution in [0.4, 0.5) is 0 Å². The van der Waals surface area contributed by atoms with Gasteiger partial charge in [-0.3, -0.25) is 0 Å². The highest BCUT2D eigenvalue weighted by Crippen LogP contribution is 2.18. The summed E-state index contributed by atoms with van der Waals surface area (Å²) in [5.41, 5.74) is 2.83. The molecule has 6 nitrogen and oxygen atoms in total. The first kappa shape index (κ1) is 17.7. The van der Waals surface area contributed by atoms with Gasteiger partial charge in [0.15, 0.2) is 11.8 Å². The molecule has 2 aromatic rings. The molecular formula is C16H23IN6. The van der Waals surface area contributed by atoms with E-state index in [1.807, 2.05) is 11.6 Å². The average molecular weight is 426 g/mol. The van der Waals surface area contributed by atoms with Crippen molar-refractivity contribution in [1.29, 1.82) is 0 Å². The van der Waals surface area contributed by atoms with Crippen LogP contribution in [0.3, 0.4) is 0 Å². The molecule has 1 aromatic carbocycles. The van der Waals surface area contributed by atoms with Gasteiger partial charge in [0.05, 0.1) is 0 Å². The normalized spacial score (nSPS) is 14.2. The number of aryl methyl sites for hydroxylation is 1. The standard InChI is InChI=1S/C16H22N6.HI/c1-3-17-16(18-10-15-20-19-12-21(15)2)22-9-8-13-6-4-5-7-14(13)11-22;/h4-7,12H,3,8-11H2,1-2H3,(H,17,18);1H. The molecule has 1 aliphatic heterocycles. The minimum Gasteiger partial charge on any atom is -0.356 e. The first-order valence-electron chi connectivity index (χ1n) is 7.71. The molecule has 0 aliphatic carbocycles. The minimum atomic E-state index is 0. The SMILES string of the molecule is CCNC(=NCc1nncn1C)N1CCc2ccccc2C1.I. The number of benzene rings is 1. The summed E-state index contributed by atoms with van der Waals surface area (Å²) in [5.74, 6) is 1.81. The van der Waals surface area contributed by atoms with Crippen LogP contribution < -0.4 is 5.32 Å². The van der Waals surface area contributed by atoms with Gasteiger partial charge in [-0.1, -0.05) is 24.3 Å². The fourth-order valence-electron chi connectivity index (χ4n) is 2.70. The zero-order chi connectivity index (χ0) is 15.4. The molecule has 0 bridgehead atoms. The number of nitrogens with one attached hydrogen (secondary N) is 1. The molecule has 3 rings (SSSR count). The lowest BCUT2D eigenvalue weighted by Gasteiger charge is -2.31. The lowest BCUT2D eigenvalue weighted by Crippen LogP contribution is -2.44. The first-order valence-corrected chi connectivity index (χ1v) is 7.71. The van der Waals surface area contributed by atoms with E-state index < -0.39 is 0 Å². The molecule has 0 saturated carbocycles. The Morgan fingerprint density at radius 3 is 2.78 bits per heavy atom. The number of aromatic nitrogens is 3. The minimum absolute atomic E-state index is 0. The molecule has 124 valence electrons. The number of halogens is 1. The molecule has 0 atom stereocenters. The van der Waals surface area contributed by atoms with Gasteiger partial charge in [-0.25, -0.2) is 4.99 Å². The third-order valence-electron chi connectivity index (χ3n) is 3.94. The predicted octanol–water partition coefficient (Wildman–Crippen LogP) is 1.96. The summed E-state index contributed by atoms with van der Waals surface area (Å²) in [7, 11) is 1.94. The number of guanidine groups is 1. The molecule has 1 aromatic heterocycles. The zero-order valence-corrected chi connectivity index (χ0v) is 15.9. The molecule has 7 heteroatoms. The van der Waals surface area contributed by atoms with Crippen molar-refractivity contribution in [1.82, 2.24) is 25.0 Å². The topological polar surface area (TPSA) is 58.3 Å². The van der Waals surface area contributed by atoms with Gasteiger partial charge < -0.3 is 14.8 Å². The van der Waals surface area contributed by atoms with Crippen molar-refractivity contribution in [2.24, 2.45) is 12.0 Å². The maximum Gasteiger partial charge on any atom is 0.194 e. The van der Waals surface area contributed by atoms with Crippen molar-refractivity contribution in [3.05, 3.63) is 47.5 Å². The lowest BCUT2D eigenvalue weighted by atomic mass is 10.0. The molecule has 0 radical (unpaired) electrons. The Bertz CT molecular complexity index is 666. The third-order valence-corrected chi connectivity index (χ3v) is 3.94. The van der Waals surface area contributed by atoms with Crippen LogP contribution in [0.15, 0.2) is 35.6 Å². The Labute approximate surface area is 154 Å². The Hall–Kier alpha value is -1.64. The van der Waals surface area contributed by atoms with Crippen LogP contribution in [0.1, 0.15) is 23.9 Å². The van der Waals surface area contributed by atoms with Crippen molar-refractivity contribution in [2.45, 2.75) is 26.4 Å². The second-order valence-electron chi connectivity index (χ2n) is 5.47. The van der Waals surface area contributed by atoms with Crippen LogP contribution in [-0.2, 0) is 26.6 Å². The van der Waals surface area contributed by atoms with Crippen LogP contribution in [0, 0.1) is 0 Å². The molecule has 0 saturated heterocycles. The fraction of sp³-hybridized carbons (Fsp3) is 0.438. The summed E-state index contributed by atoms with van der Waals surface area (Å²) in [6.45, 7) is 5.38. The molecule has 0 amide bonds. The number of hydrogen-bond acceptors (Lipinski definition) is 3. The second kappa shape index (κ2) is 8.28. The third kappa shape index (κ3) is 4.21. The highest BCUT2D eigenvalue weighted by Gasteiger charge is 2.18. The summed E-state index contributed by atoms with van der Waals surface area (Å²) in [5, 5.41) is 11.4. The van der Waals surface area contributed by atoms with Crippen LogP contribution in [0.25, 0.3) is 0 Å². The molecule has 1 aliphatic rings. The van der Waals surface area contributed by atoms with Gasteiger partial charge in [-0.2, -0.15) is 0 Å². The van der Waals surface area contributed by atoms with Gasteiger partial charge in [0.1, 0.15) is 12.9 Å². The van der Waals surface area contributed by atoms with Gasteiger partial charge >= 0.3 is 0 Å². The Balaban J connectivity index is 0.00000192. The monoisotopic (exact) mass is 426 g/mol. The van der Waals surface area contributed by atoms with E-state index in [0.29, 0.717) is 6.54 Å². The van der Waals surface area contributed by atoms with Crippen molar-refractivity contribution in [3.63, 3.8) is 0 Å². The van der Waals surface area contributed by atoms with Crippen LogP contribution in [0.2, 0.25) is 0 Å². The fourth-order valence-corrected chi connectivity index (χ4v) is 2.70. The lowest BCUT2D eigenvalue weighted by molar-refractivity contribution is 0.378. The number of hydrogen-bond donors (Lipinski definition) is 1. The van der Waals surface area contributed by atoms with Crippen molar-refractivity contribution >= 4 is 29.9 Å². The summed E-state index contributed by atoms with van der Waals surface area (Å²) in [4.78, 5) is 7.03. The van der Waals surface area contributed by atoms with Gasteiger partial charge in [0.25, 0.3) is 0 Å². The highest BCUT2D eigenvalue weighted by molar-refractivity contribution is 14.0. The Morgan fingerprint density at radius 2 is 2.09 bits per heavy atom. The van der Waals surface area contributed by atoms with E-state index in [0.717, 1.165) is 37.8 Å². The average Bonchev–Trinajstić information content (AvgIpc) is 2.96. The maximum atomic E-state index is 4.72. The first-order chi connectivity index (χ1) is 10.8. The van der Waals surface area contributed by atoms with Gasteiger partial charge in [-0.15, -0.1) is 34.2 Å². The van der Waals surface area contributed by atoms with Gasteiger partial charge in [0.2, 0.25) is 0 Å².